The second-order valence-electron chi connectivity index (χ2n) is 6.26. The largest absolute Gasteiger partial charge is 0.489 e. The van der Waals surface area contributed by atoms with E-state index < -0.39 is 11.9 Å². The van der Waals surface area contributed by atoms with Crippen molar-refractivity contribution < 1.29 is 23.7 Å². The third kappa shape index (κ3) is 3.01. The molecule has 132 valence electrons. The zero-order valence-electron chi connectivity index (χ0n) is 14.1. The summed E-state index contributed by atoms with van der Waals surface area (Å²) in [5.74, 6) is 1.25. The Morgan fingerprint density at radius 2 is 2.08 bits per heavy atom. The van der Waals surface area contributed by atoms with Crippen molar-refractivity contribution in [2.45, 2.75) is 38.7 Å². The van der Waals surface area contributed by atoms with Crippen LogP contribution in [0.15, 0.2) is 17.1 Å². The van der Waals surface area contributed by atoms with Gasteiger partial charge in [-0.3, -0.25) is 0 Å². The minimum absolute atomic E-state index is 0.172. The standard InChI is InChI=1S/C17H22BrNO5/c1-5-6-20-13-9(2)14-16(22-8-21-14)12(18)11(13)15-10(19)7-23-17(3,4)24-15/h5,10,15H,1,6-8,19H2,2-4H3/t10-,15-/m1/s1. The second-order valence-corrected chi connectivity index (χ2v) is 7.05. The van der Waals surface area contributed by atoms with Crippen LogP contribution in [0.2, 0.25) is 0 Å². The van der Waals surface area contributed by atoms with Gasteiger partial charge in [0.05, 0.1) is 17.1 Å². The molecule has 2 heterocycles. The highest BCUT2D eigenvalue weighted by atomic mass is 79.9. The van der Waals surface area contributed by atoms with Gasteiger partial charge in [-0.1, -0.05) is 12.7 Å². The number of benzene rings is 1. The van der Waals surface area contributed by atoms with Gasteiger partial charge in [0.1, 0.15) is 18.5 Å². The summed E-state index contributed by atoms with van der Waals surface area (Å²) in [4.78, 5) is 0. The van der Waals surface area contributed by atoms with E-state index >= 15 is 0 Å². The monoisotopic (exact) mass is 399 g/mol. The molecule has 1 aromatic rings. The molecule has 0 aliphatic carbocycles. The highest BCUT2D eigenvalue weighted by molar-refractivity contribution is 9.10. The topological polar surface area (TPSA) is 72.2 Å². The van der Waals surface area contributed by atoms with E-state index in [1.165, 1.54) is 0 Å². The molecule has 2 aliphatic rings. The smallest absolute Gasteiger partial charge is 0.231 e. The lowest BCUT2D eigenvalue weighted by molar-refractivity contribution is -0.282. The van der Waals surface area contributed by atoms with E-state index in [4.69, 9.17) is 29.4 Å². The molecule has 2 aliphatic heterocycles. The van der Waals surface area contributed by atoms with Crippen LogP contribution in [0.5, 0.6) is 17.2 Å². The summed E-state index contributed by atoms with van der Waals surface area (Å²) < 4.78 is 29.6. The zero-order chi connectivity index (χ0) is 17.5. The molecule has 0 bridgehead atoms. The minimum atomic E-state index is -0.736. The Kier molecular flexibility index (Phi) is 4.79. The SMILES string of the molecule is C=CCOc1c(C)c2c(c(Br)c1[C@@H]1OC(C)(C)OC[C@H]1N)OCO2. The lowest BCUT2D eigenvalue weighted by Crippen LogP contribution is -2.48. The van der Waals surface area contributed by atoms with Gasteiger partial charge in [0.25, 0.3) is 0 Å². The summed E-state index contributed by atoms with van der Waals surface area (Å²) in [5.41, 5.74) is 7.93. The Bertz CT molecular complexity index is 661. The van der Waals surface area contributed by atoms with Crippen LogP contribution in [0.4, 0.5) is 0 Å². The molecule has 2 atom stereocenters. The first-order valence-corrected chi connectivity index (χ1v) is 8.57. The summed E-state index contributed by atoms with van der Waals surface area (Å²) in [5, 5.41) is 0. The van der Waals surface area contributed by atoms with E-state index in [2.05, 4.69) is 22.5 Å². The van der Waals surface area contributed by atoms with Crippen LogP contribution in [0, 0.1) is 6.92 Å². The highest BCUT2D eigenvalue weighted by Crippen LogP contribution is 2.52. The molecule has 24 heavy (non-hydrogen) atoms. The van der Waals surface area contributed by atoms with Gasteiger partial charge >= 0.3 is 0 Å². The van der Waals surface area contributed by atoms with Gasteiger partial charge in [-0.05, 0) is 36.7 Å². The Morgan fingerprint density at radius 3 is 2.79 bits per heavy atom. The lowest BCUT2D eigenvalue weighted by Gasteiger charge is -2.40. The summed E-state index contributed by atoms with van der Waals surface area (Å²) in [7, 11) is 0. The molecule has 1 aromatic carbocycles. The summed E-state index contributed by atoms with van der Waals surface area (Å²) in [6.07, 6.45) is 1.28. The fourth-order valence-corrected chi connectivity index (χ4v) is 3.61. The molecular weight excluding hydrogens is 378 g/mol. The molecule has 3 rings (SSSR count). The first kappa shape index (κ1) is 17.5. The van der Waals surface area contributed by atoms with Crippen LogP contribution in [0.3, 0.4) is 0 Å². The molecule has 0 radical (unpaired) electrons. The van der Waals surface area contributed by atoms with Crippen LogP contribution in [-0.4, -0.2) is 31.8 Å². The summed E-state index contributed by atoms with van der Waals surface area (Å²) >= 11 is 3.62. The molecule has 0 amide bonds. The highest BCUT2D eigenvalue weighted by Gasteiger charge is 2.40. The minimum Gasteiger partial charge on any atom is -0.489 e. The predicted octanol–water partition coefficient (Wildman–Crippen LogP) is 3.20. The molecule has 0 spiro atoms. The van der Waals surface area contributed by atoms with E-state index in [1.807, 2.05) is 20.8 Å². The molecule has 2 N–H and O–H groups in total. The van der Waals surface area contributed by atoms with Crippen molar-refractivity contribution in [3.05, 3.63) is 28.3 Å². The lowest BCUT2D eigenvalue weighted by atomic mass is 9.97. The fourth-order valence-electron chi connectivity index (χ4n) is 2.91. The van der Waals surface area contributed by atoms with Crippen molar-refractivity contribution in [3.63, 3.8) is 0 Å². The molecule has 0 unspecified atom stereocenters. The molecule has 6 nitrogen and oxygen atoms in total. The normalized spacial score (nSPS) is 24.7. The molecular formula is C17H22BrNO5. The molecule has 0 aromatic heterocycles. The first-order valence-electron chi connectivity index (χ1n) is 7.78. The molecule has 1 fully saturated rings. The van der Waals surface area contributed by atoms with Crippen molar-refractivity contribution in [1.29, 1.82) is 0 Å². The maximum absolute atomic E-state index is 6.28. The predicted molar refractivity (Wildman–Crippen MR) is 92.5 cm³/mol. The van der Waals surface area contributed by atoms with Gasteiger partial charge in [0.15, 0.2) is 17.3 Å². The Labute approximate surface area is 150 Å². The van der Waals surface area contributed by atoms with E-state index in [9.17, 15) is 0 Å². The number of hydrogen-bond donors (Lipinski definition) is 1. The Hall–Kier alpha value is -1.28. The molecule has 0 saturated carbocycles. The van der Waals surface area contributed by atoms with Gasteiger partial charge in [0, 0.05) is 11.1 Å². The Balaban J connectivity index is 2.14. The van der Waals surface area contributed by atoms with Gasteiger partial charge in [-0.25, -0.2) is 0 Å². The second kappa shape index (κ2) is 6.55. The van der Waals surface area contributed by atoms with Crippen LogP contribution < -0.4 is 19.9 Å². The van der Waals surface area contributed by atoms with E-state index in [0.717, 1.165) is 15.6 Å². The van der Waals surface area contributed by atoms with Crippen LogP contribution in [0.25, 0.3) is 0 Å². The number of halogens is 1. The van der Waals surface area contributed by atoms with Crippen molar-refractivity contribution in [3.8, 4) is 17.2 Å². The molecule has 1 saturated heterocycles. The van der Waals surface area contributed by atoms with Crippen LogP contribution >= 0.6 is 15.9 Å². The fraction of sp³-hybridized carbons (Fsp3) is 0.529. The van der Waals surface area contributed by atoms with Gasteiger partial charge in [0.2, 0.25) is 6.79 Å². The average Bonchev–Trinajstić information content (AvgIpc) is 3.02. The number of hydrogen-bond acceptors (Lipinski definition) is 6. The number of nitrogens with two attached hydrogens (primary N) is 1. The number of rotatable bonds is 4. The summed E-state index contributed by atoms with van der Waals surface area (Å²) in [6, 6.07) is -0.333. The maximum Gasteiger partial charge on any atom is 0.231 e. The van der Waals surface area contributed by atoms with Crippen LogP contribution in [-0.2, 0) is 9.47 Å². The van der Waals surface area contributed by atoms with Gasteiger partial charge in [-0.2, -0.15) is 0 Å². The number of ether oxygens (including phenoxy) is 5. The maximum atomic E-state index is 6.28. The van der Waals surface area contributed by atoms with Gasteiger partial charge < -0.3 is 29.4 Å². The zero-order valence-corrected chi connectivity index (χ0v) is 15.6. The number of fused-ring (bicyclic) bond motifs is 1. The van der Waals surface area contributed by atoms with Crippen molar-refractivity contribution >= 4 is 15.9 Å². The van der Waals surface area contributed by atoms with Crippen LogP contribution in [0.1, 0.15) is 31.1 Å². The van der Waals surface area contributed by atoms with E-state index in [1.54, 1.807) is 6.08 Å². The van der Waals surface area contributed by atoms with Gasteiger partial charge in [-0.15, -0.1) is 0 Å². The molecule has 7 heteroatoms. The van der Waals surface area contributed by atoms with E-state index in [0.29, 0.717) is 30.5 Å². The van der Waals surface area contributed by atoms with Crippen molar-refractivity contribution in [2.75, 3.05) is 20.0 Å². The average molecular weight is 400 g/mol. The Morgan fingerprint density at radius 1 is 1.38 bits per heavy atom. The van der Waals surface area contributed by atoms with Crippen molar-refractivity contribution in [1.82, 2.24) is 0 Å². The summed E-state index contributed by atoms with van der Waals surface area (Å²) in [6.45, 7) is 10.3. The third-order valence-corrected chi connectivity index (χ3v) is 4.81. The third-order valence-electron chi connectivity index (χ3n) is 4.03. The van der Waals surface area contributed by atoms with Crippen molar-refractivity contribution in [2.24, 2.45) is 5.73 Å². The quantitative estimate of drug-likeness (QED) is 0.783. The van der Waals surface area contributed by atoms with E-state index in [-0.39, 0.29) is 12.8 Å². The first-order chi connectivity index (χ1) is 11.4.